The molecule has 0 aliphatic carbocycles. The molecule has 101 valence electrons. The first kappa shape index (κ1) is 14.7. The molecule has 8 heteroatoms. The fourth-order valence-electron chi connectivity index (χ4n) is 1.14. The third-order valence-corrected chi connectivity index (χ3v) is 2.16. The quantitative estimate of drug-likeness (QED) is 0.712. The van der Waals surface area contributed by atoms with E-state index >= 15 is 0 Å². The van der Waals surface area contributed by atoms with Gasteiger partial charge in [0.05, 0.1) is 0 Å². The van der Waals surface area contributed by atoms with Crippen molar-refractivity contribution in [3.8, 4) is 0 Å². The van der Waals surface area contributed by atoms with Crippen LogP contribution in [0.5, 0.6) is 0 Å². The highest BCUT2D eigenvalue weighted by atomic mass is 19.4. The predicted molar refractivity (Wildman–Crippen MR) is 45.7 cm³/mol. The van der Waals surface area contributed by atoms with Crippen LogP contribution in [0.4, 0.5) is 35.1 Å². The van der Waals surface area contributed by atoms with Gasteiger partial charge in [0.2, 0.25) is 0 Å². The van der Waals surface area contributed by atoms with Crippen LogP contribution in [0.3, 0.4) is 0 Å². The summed E-state index contributed by atoms with van der Waals surface area (Å²) in [4.78, 5) is 0. The first-order chi connectivity index (χ1) is 8.05. The van der Waals surface area contributed by atoms with E-state index in [1.807, 2.05) is 0 Å². The van der Waals surface area contributed by atoms with Gasteiger partial charge in [0.1, 0.15) is 0 Å². The molecule has 1 radical (unpaired) electrons. The van der Waals surface area contributed by atoms with Gasteiger partial charge in [-0.05, 0) is 0 Å². The summed E-state index contributed by atoms with van der Waals surface area (Å²) in [6, 6.07) is 3.86. The van der Waals surface area contributed by atoms with Crippen LogP contribution in [-0.4, -0.2) is 11.8 Å². The first-order valence-electron chi connectivity index (χ1n) is 4.42. The minimum atomic E-state index is -6.24. The highest BCUT2D eigenvalue weighted by molar-refractivity contribution is 5.24. The maximum absolute atomic E-state index is 13.2. The molecule has 0 aliphatic rings. The fourth-order valence-corrected chi connectivity index (χ4v) is 1.14. The second-order valence-electron chi connectivity index (χ2n) is 3.35. The normalized spacial score (nSPS) is 14.1. The van der Waals surface area contributed by atoms with Gasteiger partial charge in [0.25, 0.3) is 0 Å². The van der Waals surface area contributed by atoms with Gasteiger partial charge in [-0.2, -0.15) is 35.1 Å². The minimum absolute atomic E-state index is 0.445. The molecular weight excluding hydrogens is 272 g/mol. The van der Waals surface area contributed by atoms with E-state index in [-0.39, 0.29) is 0 Å². The average molecular weight is 277 g/mol. The fraction of sp³-hybridized carbons (Fsp3) is 0.300. The number of alkyl halides is 6. The summed E-state index contributed by atoms with van der Waals surface area (Å²) >= 11 is 0. The standard InChI is InChI=1S/C10H5F8/c11-7(12)9(15,16)10(17,18)8(13,14)6-4-2-1-3-5-6/h1-5H. The Hall–Kier alpha value is -1.34. The Kier molecular flexibility index (Phi) is 3.60. The zero-order valence-electron chi connectivity index (χ0n) is 8.41. The number of hydrogen-bond acceptors (Lipinski definition) is 0. The highest BCUT2D eigenvalue weighted by Crippen LogP contribution is 2.54. The van der Waals surface area contributed by atoms with Crippen LogP contribution in [0.15, 0.2) is 30.3 Å². The first-order valence-corrected chi connectivity index (χ1v) is 4.42. The van der Waals surface area contributed by atoms with Crippen molar-refractivity contribution in [2.24, 2.45) is 0 Å². The summed E-state index contributed by atoms with van der Waals surface area (Å²) in [5.74, 6) is -17.9. The van der Waals surface area contributed by atoms with Gasteiger partial charge in [-0.25, -0.2) is 0 Å². The molecule has 0 N–H and O–H groups in total. The molecule has 0 bridgehead atoms. The van der Waals surface area contributed by atoms with Crippen LogP contribution in [0.2, 0.25) is 0 Å². The third-order valence-electron chi connectivity index (χ3n) is 2.16. The molecule has 18 heavy (non-hydrogen) atoms. The third kappa shape index (κ3) is 2.04. The monoisotopic (exact) mass is 277 g/mol. The molecule has 1 aromatic rings. The molecule has 0 aromatic heterocycles. The van der Waals surface area contributed by atoms with Gasteiger partial charge in [-0.15, -0.1) is 0 Å². The molecule has 0 heterocycles. The Morgan fingerprint density at radius 3 is 1.61 bits per heavy atom. The van der Waals surface area contributed by atoms with E-state index in [0.717, 1.165) is 12.1 Å². The van der Waals surface area contributed by atoms with Crippen molar-refractivity contribution in [1.29, 1.82) is 0 Å². The lowest BCUT2D eigenvalue weighted by Gasteiger charge is -2.31. The Morgan fingerprint density at radius 2 is 1.22 bits per heavy atom. The van der Waals surface area contributed by atoms with E-state index in [0.29, 0.717) is 12.1 Å². The van der Waals surface area contributed by atoms with Crippen LogP contribution in [-0.2, 0) is 5.92 Å². The van der Waals surface area contributed by atoms with Crippen molar-refractivity contribution in [3.63, 3.8) is 0 Å². The molecule has 0 nitrogen and oxygen atoms in total. The van der Waals surface area contributed by atoms with Crippen LogP contribution >= 0.6 is 0 Å². The van der Waals surface area contributed by atoms with Gasteiger partial charge in [-0.3, -0.25) is 0 Å². The molecule has 0 spiro atoms. The topological polar surface area (TPSA) is 0 Å². The molecule has 0 atom stereocenters. The van der Waals surface area contributed by atoms with Gasteiger partial charge in [-0.1, -0.05) is 30.3 Å². The number of rotatable bonds is 4. The average Bonchev–Trinajstić information content (AvgIpc) is 2.29. The molecule has 0 saturated carbocycles. The van der Waals surface area contributed by atoms with Crippen molar-refractivity contribution in [2.45, 2.75) is 17.8 Å². The lowest BCUT2D eigenvalue weighted by atomic mass is 9.97. The van der Waals surface area contributed by atoms with E-state index in [1.165, 1.54) is 6.07 Å². The number of halogens is 8. The van der Waals surface area contributed by atoms with Crippen molar-refractivity contribution in [2.75, 3.05) is 0 Å². The lowest BCUT2D eigenvalue weighted by Crippen LogP contribution is -2.53. The highest BCUT2D eigenvalue weighted by Gasteiger charge is 2.76. The lowest BCUT2D eigenvalue weighted by molar-refractivity contribution is -0.323. The van der Waals surface area contributed by atoms with Crippen LogP contribution in [0, 0.1) is 6.43 Å². The van der Waals surface area contributed by atoms with Crippen molar-refractivity contribution in [1.82, 2.24) is 0 Å². The SMILES string of the molecule is F[C](F)C(F)(F)C(F)(F)C(F)(F)c1ccccc1. The van der Waals surface area contributed by atoms with Crippen molar-refractivity contribution >= 4 is 0 Å². The molecule has 0 amide bonds. The molecule has 0 saturated heterocycles. The zero-order valence-corrected chi connectivity index (χ0v) is 8.41. The van der Waals surface area contributed by atoms with Crippen LogP contribution in [0.25, 0.3) is 0 Å². The van der Waals surface area contributed by atoms with E-state index in [9.17, 15) is 35.1 Å². The summed E-state index contributed by atoms with van der Waals surface area (Å²) in [7, 11) is 0. The molecular formula is C10H5F8. The van der Waals surface area contributed by atoms with Gasteiger partial charge in [0, 0.05) is 5.56 Å². The number of benzene rings is 1. The Morgan fingerprint density at radius 1 is 0.778 bits per heavy atom. The van der Waals surface area contributed by atoms with Gasteiger partial charge >= 0.3 is 24.2 Å². The Bertz CT molecular complexity index is 398. The number of hydrogen-bond donors (Lipinski definition) is 0. The summed E-state index contributed by atoms with van der Waals surface area (Å²) < 4.78 is 101. The predicted octanol–water partition coefficient (Wildman–Crippen LogP) is 4.48. The zero-order chi connectivity index (χ0) is 14.2. The second kappa shape index (κ2) is 4.40. The molecule has 0 aliphatic heterocycles. The molecule has 0 fully saturated rings. The molecule has 0 unspecified atom stereocenters. The molecule has 1 rings (SSSR count). The van der Waals surface area contributed by atoms with Crippen molar-refractivity contribution in [3.05, 3.63) is 42.3 Å². The summed E-state index contributed by atoms with van der Waals surface area (Å²) in [5.41, 5.74) is -1.48. The van der Waals surface area contributed by atoms with Crippen LogP contribution in [0.1, 0.15) is 5.56 Å². The Labute approximate surface area is 96.2 Å². The van der Waals surface area contributed by atoms with E-state index in [2.05, 4.69) is 0 Å². The largest absolute Gasteiger partial charge is 0.385 e. The van der Waals surface area contributed by atoms with E-state index in [4.69, 9.17) is 0 Å². The maximum Gasteiger partial charge on any atom is 0.385 e. The van der Waals surface area contributed by atoms with Gasteiger partial charge in [0.15, 0.2) is 0 Å². The van der Waals surface area contributed by atoms with Crippen molar-refractivity contribution < 1.29 is 35.1 Å². The Balaban J connectivity index is 3.27. The second-order valence-corrected chi connectivity index (χ2v) is 3.35. The van der Waals surface area contributed by atoms with Gasteiger partial charge < -0.3 is 0 Å². The summed E-state index contributed by atoms with van der Waals surface area (Å²) in [5, 5.41) is 0. The van der Waals surface area contributed by atoms with Crippen LogP contribution < -0.4 is 0 Å². The molecule has 1 aromatic carbocycles. The van der Waals surface area contributed by atoms with E-state index < -0.39 is 29.8 Å². The maximum atomic E-state index is 13.2. The van der Waals surface area contributed by atoms with E-state index in [1.54, 1.807) is 0 Å². The summed E-state index contributed by atoms with van der Waals surface area (Å²) in [6.45, 7) is 0. The smallest absolute Gasteiger partial charge is 0.194 e. The summed E-state index contributed by atoms with van der Waals surface area (Å²) in [6.07, 6.45) is -4.07. The minimum Gasteiger partial charge on any atom is -0.194 e.